The lowest BCUT2D eigenvalue weighted by molar-refractivity contribution is -0.137. The van der Waals surface area contributed by atoms with Crippen LogP contribution in [0.1, 0.15) is 5.56 Å². The van der Waals surface area contributed by atoms with E-state index < -0.39 is 22.7 Å². The molecule has 1 heterocycles. The number of carbonyl (C=O) groups is 1. The third-order valence-corrected chi connectivity index (χ3v) is 5.20. The van der Waals surface area contributed by atoms with Gasteiger partial charge in [-0.3, -0.25) is 4.79 Å². The third-order valence-electron chi connectivity index (χ3n) is 4.89. The summed E-state index contributed by atoms with van der Waals surface area (Å²) in [7, 11) is 5.26. The van der Waals surface area contributed by atoms with E-state index in [1.807, 2.05) is 19.0 Å². The van der Waals surface area contributed by atoms with E-state index in [2.05, 4.69) is 32.2 Å². The molecule has 0 bridgehead atoms. The Labute approximate surface area is 216 Å². The lowest BCUT2D eigenvalue weighted by Crippen LogP contribution is -2.20. The molecule has 13 heteroatoms. The van der Waals surface area contributed by atoms with Crippen LogP contribution in [0.5, 0.6) is 11.5 Å². The fourth-order valence-electron chi connectivity index (χ4n) is 3.07. The number of carbonyl (C=O) groups excluding carboxylic acids is 1. The van der Waals surface area contributed by atoms with Crippen molar-refractivity contribution in [2.45, 2.75) is 6.18 Å². The summed E-state index contributed by atoms with van der Waals surface area (Å²) < 4.78 is 50.4. The van der Waals surface area contributed by atoms with Crippen LogP contribution in [0.3, 0.4) is 0 Å². The monoisotopic (exact) mass is 536 g/mol. The van der Waals surface area contributed by atoms with Crippen molar-refractivity contribution in [3.8, 4) is 22.9 Å². The summed E-state index contributed by atoms with van der Waals surface area (Å²) in [5, 5.41) is 5.18. The van der Waals surface area contributed by atoms with Crippen LogP contribution in [0.25, 0.3) is 11.4 Å². The molecule has 2 N–H and O–H groups in total. The molecule has 1 aromatic heterocycles. The van der Waals surface area contributed by atoms with Crippen molar-refractivity contribution in [1.82, 2.24) is 19.9 Å². The van der Waals surface area contributed by atoms with Crippen molar-refractivity contribution in [1.29, 1.82) is 0 Å². The van der Waals surface area contributed by atoms with Crippen LogP contribution in [0, 0.1) is 0 Å². The summed E-state index contributed by atoms with van der Waals surface area (Å²) in [5.74, 6) is 0.443. The van der Waals surface area contributed by atoms with Gasteiger partial charge >= 0.3 is 6.18 Å². The number of methoxy groups -OCH3 is 1. The fourth-order valence-corrected chi connectivity index (χ4v) is 3.35. The molecule has 37 heavy (non-hydrogen) atoms. The number of alkyl halides is 3. The van der Waals surface area contributed by atoms with Gasteiger partial charge in [0.2, 0.25) is 11.9 Å². The predicted molar refractivity (Wildman–Crippen MR) is 134 cm³/mol. The molecule has 196 valence electrons. The zero-order valence-electron chi connectivity index (χ0n) is 20.2. The number of ether oxygens (including phenoxy) is 2. The van der Waals surface area contributed by atoms with Crippen LogP contribution in [0.4, 0.5) is 30.5 Å². The number of halogens is 4. The SMILES string of the molecule is C=CC(=O)Nc1cc(Nc2ncnc(-c3ccc(C(F)(F)F)c(Cl)c3)n2)c(OC)cc1OCCN(C)C. The van der Waals surface area contributed by atoms with Gasteiger partial charge in [-0.2, -0.15) is 18.2 Å². The average molecular weight is 537 g/mol. The molecule has 0 radical (unpaired) electrons. The Bertz CT molecular complexity index is 1290. The van der Waals surface area contributed by atoms with Gasteiger partial charge in [0, 0.05) is 18.2 Å². The minimum atomic E-state index is -4.58. The van der Waals surface area contributed by atoms with Crippen molar-refractivity contribution < 1.29 is 27.4 Å². The van der Waals surface area contributed by atoms with Gasteiger partial charge in [0.15, 0.2) is 5.82 Å². The lowest BCUT2D eigenvalue weighted by Gasteiger charge is -2.18. The Morgan fingerprint density at radius 3 is 2.54 bits per heavy atom. The molecule has 0 saturated heterocycles. The van der Waals surface area contributed by atoms with Crippen molar-refractivity contribution in [2.24, 2.45) is 0 Å². The second kappa shape index (κ2) is 11.9. The summed E-state index contributed by atoms with van der Waals surface area (Å²) in [6.07, 6.45) is -2.27. The zero-order valence-corrected chi connectivity index (χ0v) is 20.9. The highest BCUT2D eigenvalue weighted by molar-refractivity contribution is 6.31. The summed E-state index contributed by atoms with van der Waals surface area (Å²) in [6, 6.07) is 6.38. The molecule has 2 aromatic carbocycles. The highest BCUT2D eigenvalue weighted by atomic mass is 35.5. The first-order chi connectivity index (χ1) is 17.5. The molecule has 0 spiro atoms. The molecule has 0 aliphatic carbocycles. The Morgan fingerprint density at radius 1 is 1.16 bits per heavy atom. The normalized spacial score (nSPS) is 11.2. The molecule has 3 aromatic rings. The molecule has 0 fully saturated rings. The number of benzene rings is 2. The molecule has 0 aliphatic heterocycles. The molecule has 0 unspecified atom stereocenters. The fraction of sp³-hybridized carbons (Fsp3) is 0.250. The van der Waals surface area contributed by atoms with Crippen molar-refractivity contribution in [3.05, 3.63) is 59.9 Å². The van der Waals surface area contributed by atoms with E-state index in [0.29, 0.717) is 36.0 Å². The summed E-state index contributed by atoms with van der Waals surface area (Å²) in [4.78, 5) is 26.3. The number of anilines is 3. The Kier molecular flexibility index (Phi) is 8.90. The maximum Gasteiger partial charge on any atom is 0.417 e. The number of amides is 1. The van der Waals surface area contributed by atoms with E-state index in [1.54, 1.807) is 12.1 Å². The third kappa shape index (κ3) is 7.30. The van der Waals surface area contributed by atoms with E-state index in [4.69, 9.17) is 21.1 Å². The second-order valence-corrected chi connectivity index (χ2v) is 8.25. The topological polar surface area (TPSA) is 102 Å². The number of hydrogen-bond acceptors (Lipinski definition) is 8. The van der Waals surface area contributed by atoms with Gasteiger partial charge in [0.1, 0.15) is 24.4 Å². The molecule has 0 atom stereocenters. The highest BCUT2D eigenvalue weighted by Crippen LogP contribution is 2.38. The maximum absolute atomic E-state index is 13.0. The minimum Gasteiger partial charge on any atom is -0.494 e. The number of rotatable bonds is 10. The second-order valence-electron chi connectivity index (χ2n) is 7.84. The first kappa shape index (κ1) is 27.7. The van der Waals surface area contributed by atoms with Gasteiger partial charge in [0.05, 0.1) is 29.1 Å². The average Bonchev–Trinajstić information content (AvgIpc) is 2.84. The molecular formula is C24H24ClF3N6O3. The smallest absolute Gasteiger partial charge is 0.417 e. The van der Waals surface area contributed by atoms with E-state index >= 15 is 0 Å². The quantitative estimate of drug-likeness (QED) is 0.348. The lowest BCUT2D eigenvalue weighted by atomic mass is 10.1. The Hall–Kier alpha value is -3.90. The van der Waals surface area contributed by atoms with E-state index in [9.17, 15) is 18.0 Å². The van der Waals surface area contributed by atoms with Gasteiger partial charge < -0.3 is 25.0 Å². The van der Waals surface area contributed by atoms with E-state index in [1.165, 1.54) is 19.5 Å². The number of hydrogen-bond donors (Lipinski definition) is 2. The number of nitrogens with one attached hydrogen (secondary N) is 2. The largest absolute Gasteiger partial charge is 0.494 e. The van der Waals surface area contributed by atoms with Crippen LogP contribution in [-0.2, 0) is 11.0 Å². The Morgan fingerprint density at radius 2 is 1.92 bits per heavy atom. The van der Waals surface area contributed by atoms with Gasteiger partial charge in [-0.15, -0.1) is 0 Å². The first-order valence-electron chi connectivity index (χ1n) is 10.8. The molecule has 9 nitrogen and oxygen atoms in total. The van der Waals surface area contributed by atoms with Gasteiger partial charge in [-0.05, 0) is 38.4 Å². The standard InChI is InChI=1S/C24H24ClF3N6O3/c1-5-21(35)31-18-11-17(19(36-4)12-20(18)37-9-8-34(2)3)32-23-30-13-29-22(33-23)14-6-7-15(16(25)10-14)24(26,27)28/h5-7,10-13H,1,8-9H2,2-4H3,(H,31,35)(H,29,30,32,33). The molecule has 0 aliphatic rings. The predicted octanol–water partition coefficient (Wildman–Crippen LogP) is 5.03. The van der Waals surface area contributed by atoms with Crippen LogP contribution >= 0.6 is 11.6 Å². The van der Waals surface area contributed by atoms with Crippen molar-refractivity contribution in [2.75, 3.05) is 45.0 Å². The van der Waals surface area contributed by atoms with Gasteiger partial charge in [-0.1, -0.05) is 24.2 Å². The van der Waals surface area contributed by atoms with Gasteiger partial charge in [-0.25, -0.2) is 9.97 Å². The molecule has 1 amide bonds. The van der Waals surface area contributed by atoms with Crippen LogP contribution in [0.15, 0.2) is 49.3 Å². The minimum absolute atomic E-state index is 0.0709. The van der Waals surface area contributed by atoms with Crippen molar-refractivity contribution in [3.63, 3.8) is 0 Å². The van der Waals surface area contributed by atoms with Gasteiger partial charge in [0.25, 0.3) is 0 Å². The van der Waals surface area contributed by atoms with Crippen LogP contribution in [-0.4, -0.2) is 60.1 Å². The van der Waals surface area contributed by atoms with E-state index in [0.717, 1.165) is 18.2 Å². The summed E-state index contributed by atoms with van der Waals surface area (Å²) in [6.45, 7) is 4.45. The zero-order chi connectivity index (χ0) is 27.2. The highest BCUT2D eigenvalue weighted by Gasteiger charge is 2.33. The van der Waals surface area contributed by atoms with Crippen LogP contribution in [0.2, 0.25) is 5.02 Å². The van der Waals surface area contributed by atoms with E-state index in [-0.39, 0.29) is 17.3 Å². The van der Waals surface area contributed by atoms with Crippen molar-refractivity contribution >= 4 is 34.8 Å². The molecule has 3 rings (SSSR count). The maximum atomic E-state index is 13.0. The Balaban J connectivity index is 1.93. The first-order valence-corrected chi connectivity index (χ1v) is 11.2. The van der Waals surface area contributed by atoms with Crippen LogP contribution < -0.4 is 20.1 Å². The summed E-state index contributed by atoms with van der Waals surface area (Å²) >= 11 is 5.83. The number of likely N-dealkylation sites (N-methyl/N-ethyl adjacent to an activating group) is 1. The number of nitrogens with zero attached hydrogens (tertiary/aromatic N) is 4. The molecular weight excluding hydrogens is 513 g/mol. The summed E-state index contributed by atoms with van der Waals surface area (Å²) in [5.41, 5.74) is 0.0243. The molecule has 0 saturated carbocycles. The number of aromatic nitrogens is 3.